The molecule has 1 aliphatic rings. The van der Waals surface area contributed by atoms with Gasteiger partial charge in [0.25, 0.3) is 0 Å². The zero-order valence-electron chi connectivity index (χ0n) is 8.62. The van der Waals surface area contributed by atoms with E-state index in [4.69, 9.17) is 4.74 Å². The van der Waals surface area contributed by atoms with Crippen LogP contribution in [-0.4, -0.2) is 37.5 Å². The van der Waals surface area contributed by atoms with Crippen LogP contribution in [0.1, 0.15) is 26.2 Å². The Labute approximate surface area is 80.5 Å². The van der Waals surface area contributed by atoms with Crippen molar-refractivity contribution in [1.82, 2.24) is 5.32 Å². The Balaban J connectivity index is 2.03. The van der Waals surface area contributed by atoms with Gasteiger partial charge >= 0.3 is 0 Å². The molecule has 0 aliphatic heterocycles. The monoisotopic (exact) mass is 187 g/mol. The lowest BCUT2D eigenvalue weighted by Crippen LogP contribution is -2.41. The third-order valence-electron chi connectivity index (χ3n) is 2.89. The summed E-state index contributed by atoms with van der Waals surface area (Å²) in [6.45, 7) is 3.26. The molecule has 13 heavy (non-hydrogen) atoms. The van der Waals surface area contributed by atoms with Gasteiger partial charge < -0.3 is 15.2 Å². The molecular weight excluding hydrogens is 166 g/mol. The van der Waals surface area contributed by atoms with Gasteiger partial charge in [-0.3, -0.25) is 0 Å². The smallest absolute Gasteiger partial charge is 0.0897 e. The van der Waals surface area contributed by atoms with Crippen LogP contribution >= 0.6 is 0 Å². The normalized spacial score (nSPS) is 22.4. The number of rotatable bonds is 6. The van der Waals surface area contributed by atoms with Crippen molar-refractivity contribution in [2.24, 2.45) is 5.92 Å². The van der Waals surface area contributed by atoms with Crippen molar-refractivity contribution in [2.75, 3.05) is 20.3 Å². The van der Waals surface area contributed by atoms with E-state index in [0.29, 0.717) is 19.2 Å². The molecule has 0 bridgehead atoms. The highest BCUT2D eigenvalue weighted by atomic mass is 16.5. The first-order valence-corrected chi connectivity index (χ1v) is 5.14. The van der Waals surface area contributed by atoms with E-state index in [9.17, 15) is 5.11 Å². The van der Waals surface area contributed by atoms with Crippen molar-refractivity contribution in [2.45, 2.75) is 38.3 Å². The van der Waals surface area contributed by atoms with Crippen LogP contribution in [-0.2, 0) is 4.74 Å². The predicted molar refractivity (Wildman–Crippen MR) is 52.7 cm³/mol. The lowest BCUT2D eigenvalue weighted by Gasteiger charge is -2.32. The topological polar surface area (TPSA) is 41.5 Å². The fourth-order valence-corrected chi connectivity index (χ4v) is 1.68. The van der Waals surface area contributed by atoms with E-state index in [1.54, 1.807) is 7.11 Å². The number of aliphatic hydroxyl groups excluding tert-OH is 1. The third kappa shape index (κ3) is 3.63. The number of hydrogen-bond acceptors (Lipinski definition) is 3. The summed E-state index contributed by atoms with van der Waals surface area (Å²) in [7, 11) is 1.61. The van der Waals surface area contributed by atoms with E-state index in [0.717, 1.165) is 5.92 Å². The molecule has 0 aromatic carbocycles. The first-order valence-electron chi connectivity index (χ1n) is 5.14. The Kier molecular flexibility index (Phi) is 4.70. The Morgan fingerprint density at radius 2 is 2.23 bits per heavy atom. The van der Waals surface area contributed by atoms with Crippen molar-refractivity contribution < 1.29 is 9.84 Å². The van der Waals surface area contributed by atoms with E-state index in [1.165, 1.54) is 19.3 Å². The van der Waals surface area contributed by atoms with Crippen LogP contribution in [0, 0.1) is 5.92 Å². The van der Waals surface area contributed by atoms with E-state index < -0.39 is 0 Å². The Morgan fingerprint density at radius 1 is 1.54 bits per heavy atom. The molecule has 1 aliphatic carbocycles. The van der Waals surface area contributed by atoms with Gasteiger partial charge in [0.15, 0.2) is 0 Å². The van der Waals surface area contributed by atoms with Crippen LogP contribution in [0.3, 0.4) is 0 Å². The van der Waals surface area contributed by atoms with Crippen LogP contribution in [0.2, 0.25) is 0 Å². The van der Waals surface area contributed by atoms with Gasteiger partial charge in [0.1, 0.15) is 0 Å². The van der Waals surface area contributed by atoms with E-state index in [-0.39, 0.29) is 6.10 Å². The second kappa shape index (κ2) is 5.58. The SMILES string of the molecule is COCC(O)CNC(C)C1CCC1. The molecule has 0 saturated heterocycles. The van der Waals surface area contributed by atoms with Crippen LogP contribution in [0.4, 0.5) is 0 Å². The summed E-state index contributed by atoms with van der Waals surface area (Å²) in [5.41, 5.74) is 0. The van der Waals surface area contributed by atoms with Crippen molar-refractivity contribution in [1.29, 1.82) is 0 Å². The molecule has 3 nitrogen and oxygen atoms in total. The second-order valence-corrected chi connectivity index (χ2v) is 4.00. The molecule has 0 radical (unpaired) electrons. The maximum absolute atomic E-state index is 9.38. The van der Waals surface area contributed by atoms with Crippen LogP contribution in [0.5, 0.6) is 0 Å². The van der Waals surface area contributed by atoms with Crippen molar-refractivity contribution in [3.8, 4) is 0 Å². The maximum Gasteiger partial charge on any atom is 0.0897 e. The highest BCUT2D eigenvalue weighted by molar-refractivity contribution is 4.80. The Hall–Kier alpha value is -0.120. The Bertz CT molecular complexity index is 137. The molecule has 1 rings (SSSR count). The highest BCUT2D eigenvalue weighted by Crippen LogP contribution is 2.29. The van der Waals surface area contributed by atoms with Crippen LogP contribution in [0.25, 0.3) is 0 Å². The van der Waals surface area contributed by atoms with E-state index in [1.807, 2.05) is 0 Å². The Morgan fingerprint density at radius 3 is 2.69 bits per heavy atom. The lowest BCUT2D eigenvalue weighted by atomic mass is 9.80. The lowest BCUT2D eigenvalue weighted by molar-refractivity contribution is 0.0599. The summed E-state index contributed by atoms with van der Waals surface area (Å²) < 4.78 is 4.85. The first-order chi connectivity index (χ1) is 6.24. The van der Waals surface area contributed by atoms with Gasteiger partial charge in [0.2, 0.25) is 0 Å². The molecular formula is C10H21NO2. The van der Waals surface area contributed by atoms with Crippen molar-refractivity contribution in [3.05, 3.63) is 0 Å². The summed E-state index contributed by atoms with van der Waals surface area (Å²) >= 11 is 0. The van der Waals surface area contributed by atoms with Crippen LogP contribution < -0.4 is 5.32 Å². The number of nitrogens with one attached hydrogen (secondary N) is 1. The van der Waals surface area contributed by atoms with Gasteiger partial charge in [-0.15, -0.1) is 0 Å². The average molecular weight is 187 g/mol. The molecule has 78 valence electrons. The molecule has 2 unspecified atom stereocenters. The standard InChI is InChI=1S/C10H21NO2/c1-8(9-4-3-5-9)11-6-10(12)7-13-2/h8-12H,3-7H2,1-2H3. The fraction of sp³-hybridized carbons (Fsp3) is 1.00. The number of methoxy groups -OCH3 is 1. The molecule has 0 heterocycles. The quantitative estimate of drug-likeness (QED) is 0.645. The second-order valence-electron chi connectivity index (χ2n) is 4.00. The molecule has 2 atom stereocenters. The summed E-state index contributed by atoms with van der Waals surface area (Å²) in [6, 6.07) is 0.542. The van der Waals surface area contributed by atoms with E-state index >= 15 is 0 Å². The number of ether oxygens (including phenoxy) is 1. The van der Waals surface area contributed by atoms with Gasteiger partial charge in [-0.25, -0.2) is 0 Å². The van der Waals surface area contributed by atoms with Gasteiger partial charge in [0, 0.05) is 19.7 Å². The summed E-state index contributed by atoms with van der Waals surface area (Å²) in [5.74, 6) is 0.828. The third-order valence-corrected chi connectivity index (χ3v) is 2.89. The summed E-state index contributed by atoms with van der Waals surface area (Å²) in [6.07, 6.45) is 3.69. The van der Waals surface area contributed by atoms with Gasteiger partial charge in [-0.1, -0.05) is 6.42 Å². The molecule has 2 N–H and O–H groups in total. The minimum absolute atomic E-state index is 0.368. The first kappa shape index (κ1) is 11.0. The molecule has 3 heteroatoms. The fourth-order valence-electron chi connectivity index (χ4n) is 1.68. The van der Waals surface area contributed by atoms with Crippen molar-refractivity contribution in [3.63, 3.8) is 0 Å². The molecule has 0 aromatic rings. The summed E-state index contributed by atoms with van der Waals surface area (Å²) in [4.78, 5) is 0. The number of hydrogen-bond donors (Lipinski definition) is 2. The van der Waals surface area contributed by atoms with Gasteiger partial charge in [-0.05, 0) is 25.7 Å². The molecule has 0 aromatic heterocycles. The molecule has 1 fully saturated rings. The molecule has 0 spiro atoms. The van der Waals surface area contributed by atoms with Crippen molar-refractivity contribution >= 4 is 0 Å². The minimum Gasteiger partial charge on any atom is -0.389 e. The van der Waals surface area contributed by atoms with Gasteiger partial charge in [-0.2, -0.15) is 0 Å². The molecule has 1 saturated carbocycles. The van der Waals surface area contributed by atoms with Crippen LogP contribution in [0.15, 0.2) is 0 Å². The largest absolute Gasteiger partial charge is 0.389 e. The number of aliphatic hydroxyl groups is 1. The van der Waals surface area contributed by atoms with Gasteiger partial charge in [0.05, 0.1) is 12.7 Å². The highest BCUT2D eigenvalue weighted by Gasteiger charge is 2.23. The molecule has 0 amide bonds. The zero-order valence-corrected chi connectivity index (χ0v) is 8.62. The average Bonchev–Trinajstić information content (AvgIpc) is 1.98. The predicted octanol–water partition coefficient (Wildman–Crippen LogP) is 0.772. The zero-order chi connectivity index (χ0) is 9.68. The summed E-state index contributed by atoms with van der Waals surface area (Å²) in [5, 5.41) is 12.7. The maximum atomic E-state index is 9.38. The minimum atomic E-state index is -0.368. The van der Waals surface area contributed by atoms with E-state index in [2.05, 4.69) is 12.2 Å².